The Labute approximate surface area is 114 Å². The highest BCUT2D eigenvalue weighted by atomic mass is 79.9. The van der Waals surface area contributed by atoms with Gasteiger partial charge in [-0.1, -0.05) is 15.9 Å². The van der Waals surface area contributed by atoms with Crippen LogP contribution in [0.3, 0.4) is 0 Å². The lowest BCUT2D eigenvalue weighted by atomic mass is 10.1. The molecule has 1 saturated heterocycles. The average Bonchev–Trinajstić information content (AvgIpc) is 2.25. The zero-order chi connectivity index (χ0) is 13.4. The summed E-state index contributed by atoms with van der Waals surface area (Å²) in [5.41, 5.74) is 1.79. The molecule has 1 aliphatic heterocycles. The molecule has 2 amide bonds. The maximum atomic E-state index is 12.2. The summed E-state index contributed by atoms with van der Waals surface area (Å²) < 4.78 is 0.899. The van der Waals surface area contributed by atoms with E-state index in [4.69, 9.17) is 0 Å². The first-order valence-electron chi connectivity index (χ1n) is 5.81. The van der Waals surface area contributed by atoms with E-state index in [9.17, 15) is 9.59 Å². The fourth-order valence-electron chi connectivity index (χ4n) is 2.12. The zero-order valence-electron chi connectivity index (χ0n) is 10.5. The molecule has 96 valence electrons. The number of anilines is 1. The van der Waals surface area contributed by atoms with Crippen molar-refractivity contribution in [1.82, 2.24) is 5.32 Å². The summed E-state index contributed by atoms with van der Waals surface area (Å²) in [4.78, 5) is 25.5. The Bertz CT molecular complexity index is 495. The lowest BCUT2D eigenvalue weighted by Crippen LogP contribution is -2.61. The van der Waals surface area contributed by atoms with Gasteiger partial charge in [-0.3, -0.25) is 14.5 Å². The van der Waals surface area contributed by atoms with Gasteiger partial charge < -0.3 is 5.32 Å². The van der Waals surface area contributed by atoms with Gasteiger partial charge in [0.25, 0.3) is 0 Å². The fraction of sp³-hybridized carbons (Fsp3) is 0.385. The summed E-state index contributed by atoms with van der Waals surface area (Å²) in [5, 5.41) is 2.67. The highest BCUT2D eigenvalue weighted by Crippen LogP contribution is 2.26. The summed E-state index contributed by atoms with van der Waals surface area (Å²) in [6, 6.07) is 4.76. The lowest BCUT2D eigenvalue weighted by Gasteiger charge is -2.36. The summed E-state index contributed by atoms with van der Waals surface area (Å²) in [6.07, 6.45) is 0. The molecule has 0 spiro atoms. The van der Waals surface area contributed by atoms with Crippen molar-refractivity contribution in [2.75, 3.05) is 4.90 Å². The Kier molecular flexibility index (Phi) is 3.43. The van der Waals surface area contributed by atoms with Crippen LogP contribution in [0.15, 0.2) is 22.7 Å². The number of halogens is 1. The number of nitrogens with zero attached hydrogens (tertiary/aromatic N) is 1. The monoisotopic (exact) mass is 310 g/mol. The first-order valence-corrected chi connectivity index (χ1v) is 6.60. The minimum Gasteiger partial charge on any atom is -0.343 e. The standard InChI is InChI=1S/C13H15BrN2O2/c1-7-4-10(14)6-11(5-7)16-9(3)12(17)15-8(2)13(16)18/h4-6,8-9H,1-3H3,(H,15,17). The van der Waals surface area contributed by atoms with E-state index in [-0.39, 0.29) is 11.8 Å². The maximum Gasteiger partial charge on any atom is 0.250 e. The highest BCUT2D eigenvalue weighted by Gasteiger charge is 2.36. The first kappa shape index (κ1) is 13.1. The van der Waals surface area contributed by atoms with Crippen LogP contribution < -0.4 is 10.2 Å². The van der Waals surface area contributed by atoms with E-state index in [2.05, 4.69) is 21.2 Å². The number of amides is 2. The number of hydrogen-bond donors (Lipinski definition) is 1. The Hall–Kier alpha value is -1.36. The van der Waals surface area contributed by atoms with E-state index < -0.39 is 12.1 Å². The molecule has 1 fully saturated rings. The molecule has 0 radical (unpaired) electrons. The van der Waals surface area contributed by atoms with Crippen LogP contribution in [0.1, 0.15) is 19.4 Å². The van der Waals surface area contributed by atoms with Gasteiger partial charge in [0, 0.05) is 10.2 Å². The number of carbonyl (C=O) groups is 2. The van der Waals surface area contributed by atoms with Crippen LogP contribution in [0.5, 0.6) is 0 Å². The summed E-state index contributed by atoms with van der Waals surface area (Å²) in [6.45, 7) is 5.39. The lowest BCUT2D eigenvalue weighted by molar-refractivity contribution is -0.133. The van der Waals surface area contributed by atoms with Gasteiger partial charge in [0.1, 0.15) is 12.1 Å². The number of hydrogen-bond acceptors (Lipinski definition) is 2. The summed E-state index contributed by atoms with van der Waals surface area (Å²) in [7, 11) is 0. The number of rotatable bonds is 1. The average molecular weight is 311 g/mol. The number of carbonyl (C=O) groups excluding carboxylic acids is 2. The van der Waals surface area contributed by atoms with Crippen molar-refractivity contribution in [3.63, 3.8) is 0 Å². The van der Waals surface area contributed by atoms with Crippen LogP contribution >= 0.6 is 15.9 Å². The second-order valence-electron chi connectivity index (χ2n) is 4.60. The second kappa shape index (κ2) is 4.72. The van der Waals surface area contributed by atoms with Crippen molar-refractivity contribution in [3.05, 3.63) is 28.2 Å². The molecular formula is C13H15BrN2O2. The minimum absolute atomic E-state index is 0.0837. The molecule has 0 aromatic heterocycles. The fourth-order valence-corrected chi connectivity index (χ4v) is 2.72. The number of benzene rings is 1. The Morgan fingerprint density at radius 2 is 1.89 bits per heavy atom. The number of piperazine rings is 1. The highest BCUT2D eigenvalue weighted by molar-refractivity contribution is 9.10. The zero-order valence-corrected chi connectivity index (χ0v) is 12.1. The van der Waals surface area contributed by atoms with Crippen LogP contribution in [0.25, 0.3) is 0 Å². The minimum atomic E-state index is -0.484. The number of aryl methyl sites for hydroxylation is 1. The van der Waals surface area contributed by atoms with Gasteiger partial charge in [0.15, 0.2) is 0 Å². The van der Waals surface area contributed by atoms with Gasteiger partial charge in [-0.2, -0.15) is 0 Å². The third-order valence-corrected chi connectivity index (χ3v) is 3.50. The van der Waals surface area contributed by atoms with E-state index in [1.54, 1.807) is 18.7 Å². The second-order valence-corrected chi connectivity index (χ2v) is 5.52. The van der Waals surface area contributed by atoms with Crippen molar-refractivity contribution < 1.29 is 9.59 Å². The molecule has 2 atom stereocenters. The van der Waals surface area contributed by atoms with Crippen molar-refractivity contribution in [2.24, 2.45) is 0 Å². The molecule has 2 unspecified atom stereocenters. The Morgan fingerprint density at radius 3 is 2.50 bits per heavy atom. The van der Waals surface area contributed by atoms with Crippen molar-refractivity contribution in [2.45, 2.75) is 32.9 Å². The predicted molar refractivity (Wildman–Crippen MR) is 73.4 cm³/mol. The molecular weight excluding hydrogens is 296 g/mol. The van der Waals surface area contributed by atoms with Crippen LogP contribution in [-0.2, 0) is 9.59 Å². The van der Waals surface area contributed by atoms with E-state index in [1.807, 2.05) is 25.1 Å². The van der Waals surface area contributed by atoms with Crippen molar-refractivity contribution in [3.8, 4) is 0 Å². The molecule has 4 nitrogen and oxygen atoms in total. The molecule has 1 aliphatic rings. The molecule has 0 saturated carbocycles. The molecule has 2 rings (SSSR count). The normalized spacial score (nSPS) is 24.1. The summed E-state index contributed by atoms with van der Waals surface area (Å²) in [5.74, 6) is -0.209. The first-order chi connectivity index (χ1) is 8.40. The third kappa shape index (κ3) is 2.27. The summed E-state index contributed by atoms with van der Waals surface area (Å²) >= 11 is 3.41. The van der Waals surface area contributed by atoms with E-state index >= 15 is 0 Å². The molecule has 0 bridgehead atoms. The molecule has 1 N–H and O–H groups in total. The molecule has 0 aliphatic carbocycles. The van der Waals surface area contributed by atoms with Gasteiger partial charge in [-0.25, -0.2) is 0 Å². The van der Waals surface area contributed by atoms with Crippen LogP contribution in [-0.4, -0.2) is 23.9 Å². The molecule has 1 aromatic carbocycles. The van der Waals surface area contributed by atoms with Gasteiger partial charge in [-0.15, -0.1) is 0 Å². The van der Waals surface area contributed by atoms with E-state index in [0.717, 1.165) is 15.7 Å². The molecule has 5 heteroatoms. The smallest absolute Gasteiger partial charge is 0.250 e. The SMILES string of the molecule is Cc1cc(Br)cc(N2C(=O)C(C)NC(=O)C2C)c1. The van der Waals surface area contributed by atoms with Crippen molar-refractivity contribution >= 4 is 33.4 Å². The Morgan fingerprint density at radius 1 is 1.22 bits per heavy atom. The molecule has 1 heterocycles. The van der Waals surface area contributed by atoms with Gasteiger partial charge in [0.2, 0.25) is 11.8 Å². The predicted octanol–water partition coefficient (Wildman–Crippen LogP) is 2.00. The van der Waals surface area contributed by atoms with Crippen LogP contribution in [0.2, 0.25) is 0 Å². The largest absolute Gasteiger partial charge is 0.343 e. The molecule has 1 aromatic rings. The van der Waals surface area contributed by atoms with Gasteiger partial charge >= 0.3 is 0 Å². The van der Waals surface area contributed by atoms with E-state index in [0.29, 0.717) is 0 Å². The third-order valence-electron chi connectivity index (χ3n) is 3.04. The van der Waals surface area contributed by atoms with Gasteiger partial charge in [0.05, 0.1) is 0 Å². The van der Waals surface area contributed by atoms with E-state index in [1.165, 1.54) is 0 Å². The quantitative estimate of drug-likeness (QED) is 0.862. The topological polar surface area (TPSA) is 49.4 Å². The number of nitrogens with one attached hydrogen (secondary N) is 1. The van der Waals surface area contributed by atoms with Crippen LogP contribution in [0.4, 0.5) is 5.69 Å². The maximum absolute atomic E-state index is 12.2. The van der Waals surface area contributed by atoms with Crippen molar-refractivity contribution in [1.29, 1.82) is 0 Å². The van der Waals surface area contributed by atoms with Gasteiger partial charge in [-0.05, 0) is 44.5 Å². The molecule has 18 heavy (non-hydrogen) atoms. The Balaban J connectivity index is 2.46. The van der Waals surface area contributed by atoms with Crippen LogP contribution in [0, 0.1) is 6.92 Å².